The first-order valence-corrected chi connectivity index (χ1v) is 8.92. The van der Waals surface area contributed by atoms with Crippen molar-refractivity contribution in [1.29, 1.82) is 0 Å². The van der Waals surface area contributed by atoms with Crippen LogP contribution in [0, 0.1) is 0 Å². The SMILES string of the molecule is O=C(CCc1nnc2ccc(N3CCCC3)nn12)NCc1ccccn1. The van der Waals surface area contributed by atoms with Gasteiger partial charge in [0.05, 0.1) is 12.2 Å². The topological polar surface area (TPSA) is 88.3 Å². The average Bonchev–Trinajstić information content (AvgIpc) is 3.35. The number of carbonyl (C=O) groups is 1. The molecule has 1 N–H and O–H groups in total. The highest BCUT2D eigenvalue weighted by Gasteiger charge is 2.16. The summed E-state index contributed by atoms with van der Waals surface area (Å²) in [5, 5.41) is 15.9. The molecule has 4 rings (SSSR count). The Hall–Kier alpha value is -3.03. The third-order valence-corrected chi connectivity index (χ3v) is 4.51. The number of nitrogens with zero attached hydrogens (tertiary/aromatic N) is 6. The van der Waals surface area contributed by atoms with Crippen molar-refractivity contribution < 1.29 is 4.79 Å². The Balaban J connectivity index is 1.38. The lowest BCUT2D eigenvalue weighted by atomic mass is 10.2. The Morgan fingerprint density at radius 2 is 2.00 bits per heavy atom. The molecule has 0 unspecified atom stereocenters. The molecule has 0 bridgehead atoms. The number of rotatable bonds is 6. The standard InChI is InChI=1S/C18H21N7O/c26-18(20-13-14-5-1-2-10-19-14)9-8-16-22-21-15-6-7-17(23-25(15)16)24-11-3-4-12-24/h1-2,5-7,10H,3-4,8-9,11-13H2,(H,20,26). The van der Waals surface area contributed by atoms with Crippen LogP contribution in [0.4, 0.5) is 5.82 Å². The molecule has 3 aromatic heterocycles. The van der Waals surface area contributed by atoms with E-state index >= 15 is 0 Å². The number of fused-ring (bicyclic) bond motifs is 1. The summed E-state index contributed by atoms with van der Waals surface area (Å²) in [4.78, 5) is 18.6. The zero-order valence-corrected chi connectivity index (χ0v) is 14.5. The zero-order chi connectivity index (χ0) is 17.8. The predicted octanol–water partition coefficient (Wildman–Crippen LogP) is 1.37. The minimum Gasteiger partial charge on any atom is -0.355 e. The highest BCUT2D eigenvalue weighted by Crippen LogP contribution is 2.18. The molecule has 1 fully saturated rings. The summed E-state index contributed by atoms with van der Waals surface area (Å²) in [6.07, 6.45) is 4.94. The Morgan fingerprint density at radius 3 is 2.81 bits per heavy atom. The molecule has 0 spiro atoms. The molecular formula is C18H21N7O. The number of pyridine rings is 1. The van der Waals surface area contributed by atoms with Crippen LogP contribution < -0.4 is 10.2 Å². The molecule has 0 atom stereocenters. The van der Waals surface area contributed by atoms with Crippen molar-refractivity contribution in [2.24, 2.45) is 0 Å². The molecule has 0 aromatic carbocycles. The smallest absolute Gasteiger partial charge is 0.220 e. The van der Waals surface area contributed by atoms with E-state index in [-0.39, 0.29) is 5.91 Å². The quantitative estimate of drug-likeness (QED) is 0.722. The second-order valence-electron chi connectivity index (χ2n) is 6.37. The summed E-state index contributed by atoms with van der Waals surface area (Å²) in [6.45, 7) is 2.50. The Kier molecular flexibility index (Phi) is 4.72. The van der Waals surface area contributed by atoms with Gasteiger partial charge in [0.15, 0.2) is 11.5 Å². The monoisotopic (exact) mass is 351 g/mol. The first-order chi connectivity index (χ1) is 12.8. The van der Waals surface area contributed by atoms with Crippen molar-refractivity contribution in [1.82, 2.24) is 30.1 Å². The summed E-state index contributed by atoms with van der Waals surface area (Å²) in [5.74, 6) is 1.60. The van der Waals surface area contributed by atoms with Crippen LogP contribution in [-0.2, 0) is 17.8 Å². The molecule has 8 heteroatoms. The van der Waals surface area contributed by atoms with Crippen molar-refractivity contribution in [3.8, 4) is 0 Å². The maximum Gasteiger partial charge on any atom is 0.220 e. The third kappa shape index (κ3) is 3.63. The molecule has 1 aliphatic heterocycles. The molecule has 1 saturated heterocycles. The van der Waals surface area contributed by atoms with Gasteiger partial charge in [-0.3, -0.25) is 9.78 Å². The molecule has 0 saturated carbocycles. The van der Waals surface area contributed by atoms with Gasteiger partial charge in [-0.2, -0.15) is 4.52 Å². The van der Waals surface area contributed by atoms with Crippen LogP contribution in [0.3, 0.4) is 0 Å². The molecule has 4 heterocycles. The number of amides is 1. The summed E-state index contributed by atoms with van der Waals surface area (Å²) >= 11 is 0. The van der Waals surface area contributed by atoms with Crippen LogP contribution in [0.15, 0.2) is 36.5 Å². The molecule has 26 heavy (non-hydrogen) atoms. The van der Waals surface area contributed by atoms with E-state index in [9.17, 15) is 4.79 Å². The largest absolute Gasteiger partial charge is 0.355 e. The predicted molar refractivity (Wildman–Crippen MR) is 96.6 cm³/mol. The van der Waals surface area contributed by atoms with Crippen molar-refractivity contribution in [3.05, 3.63) is 48.0 Å². The second-order valence-corrected chi connectivity index (χ2v) is 6.37. The van der Waals surface area contributed by atoms with Gasteiger partial charge in [0, 0.05) is 32.1 Å². The first-order valence-electron chi connectivity index (χ1n) is 8.92. The minimum atomic E-state index is -0.0388. The van der Waals surface area contributed by atoms with Gasteiger partial charge in [-0.25, -0.2) is 0 Å². The van der Waals surface area contributed by atoms with E-state index < -0.39 is 0 Å². The highest BCUT2D eigenvalue weighted by atomic mass is 16.1. The average molecular weight is 351 g/mol. The lowest BCUT2D eigenvalue weighted by Crippen LogP contribution is -2.24. The van der Waals surface area contributed by atoms with E-state index in [1.807, 2.05) is 30.3 Å². The number of nitrogens with one attached hydrogen (secondary N) is 1. The van der Waals surface area contributed by atoms with E-state index in [1.165, 1.54) is 12.8 Å². The lowest BCUT2D eigenvalue weighted by molar-refractivity contribution is -0.121. The van der Waals surface area contributed by atoms with Crippen LogP contribution in [-0.4, -0.2) is 43.8 Å². The number of anilines is 1. The fraction of sp³-hybridized carbons (Fsp3) is 0.389. The molecule has 1 aliphatic rings. The molecule has 1 amide bonds. The Labute approximate surface area is 151 Å². The van der Waals surface area contributed by atoms with E-state index in [2.05, 4.69) is 30.5 Å². The molecule has 134 valence electrons. The lowest BCUT2D eigenvalue weighted by Gasteiger charge is -2.15. The van der Waals surface area contributed by atoms with E-state index in [0.717, 1.165) is 24.6 Å². The maximum atomic E-state index is 12.1. The van der Waals surface area contributed by atoms with Crippen LogP contribution in [0.25, 0.3) is 5.65 Å². The number of aromatic nitrogens is 5. The fourth-order valence-corrected chi connectivity index (χ4v) is 3.10. The van der Waals surface area contributed by atoms with Crippen molar-refractivity contribution in [3.63, 3.8) is 0 Å². The second kappa shape index (κ2) is 7.47. The van der Waals surface area contributed by atoms with Crippen molar-refractivity contribution in [2.45, 2.75) is 32.2 Å². The normalized spacial score (nSPS) is 14.1. The summed E-state index contributed by atoms with van der Waals surface area (Å²) in [6, 6.07) is 9.55. The number of hydrogen-bond acceptors (Lipinski definition) is 6. The van der Waals surface area contributed by atoms with E-state index in [0.29, 0.717) is 30.9 Å². The van der Waals surface area contributed by atoms with Gasteiger partial charge < -0.3 is 10.2 Å². The van der Waals surface area contributed by atoms with Crippen molar-refractivity contribution in [2.75, 3.05) is 18.0 Å². The first kappa shape index (κ1) is 16.4. The van der Waals surface area contributed by atoms with Gasteiger partial charge in [0.1, 0.15) is 5.82 Å². The van der Waals surface area contributed by atoms with Gasteiger partial charge in [0.25, 0.3) is 0 Å². The van der Waals surface area contributed by atoms with Crippen LogP contribution in [0.2, 0.25) is 0 Å². The molecule has 8 nitrogen and oxygen atoms in total. The minimum absolute atomic E-state index is 0.0388. The summed E-state index contributed by atoms with van der Waals surface area (Å²) in [5.41, 5.74) is 1.54. The van der Waals surface area contributed by atoms with E-state index in [4.69, 9.17) is 0 Å². The fourth-order valence-electron chi connectivity index (χ4n) is 3.10. The van der Waals surface area contributed by atoms with Gasteiger partial charge in [-0.05, 0) is 37.1 Å². The van der Waals surface area contributed by atoms with Crippen LogP contribution >= 0.6 is 0 Å². The maximum absolute atomic E-state index is 12.1. The number of hydrogen-bond donors (Lipinski definition) is 1. The summed E-state index contributed by atoms with van der Waals surface area (Å²) < 4.78 is 1.75. The molecule has 0 aliphatic carbocycles. The third-order valence-electron chi connectivity index (χ3n) is 4.51. The van der Waals surface area contributed by atoms with Gasteiger partial charge in [-0.1, -0.05) is 6.07 Å². The Bertz CT molecular complexity index is 887. The number of aryl methyl sites for hydroxylation is 1. The van der Waals surface area contributed by atoms with Gasteiger partial charge >= 0.3 is 0 Å². The molecule has 3 aromatic rings. The van der Waals surface area contributed by atoms with Crippen molar-refractivity contribution >= 4 is 17.4 Å². The van der Waals surface area contributed by atoms with Crippen LogP contribution in [0.1, 0.15) is 30.8 Å². The Morgan fingerprint density at radius 1 is 1.12 bits per heavy atom. The molecular weight excluding hydrogens is 330 g/mol. The van der Waals surface area contributed by atoms with Gasteiger partial charge in [-0.15, -0.1) is 15.3 Å². The number of carbonyl (C=O) groups excluding carboxylic acids is 1. The zero-order valence-electron chi connectivity index (χ0n) is 14.5. The van der Waals surface area contributed by atoms with Gasteiger partial charge in [0.2, 0.25) is 5.91 Å². The molecule has 0 radical (unpaired) electrons. The van der Waals surface area contributed by atoms with E-state index in [1.54, 1.807) is 10.7 Å². The highest BCUT2D eigenvalue weighted by molar-refractivity contribution is 5.76. The van der Waals surface area contributed by atoms with Crippen LogP contribution in [0.5, 0.6) is 0 Å². The summed E-state index contributed by atoms with van der Waals surface area (Å²) in [7, 11) is 0.